The van der Waals surface area contributed by atoms with Gasteiger partial charge in [0.1, 0.15) is 0 Å². The maximum atomic E-state index is 12.9. The Labute approximate surface area is 132 Å². The summed E-state index contributed by atoms with van der Waals surface area (Å²) in [6.07, 6.45) is -0.517. The van der Waals surface area contributed by atoms with Crippen LogP contribution in [0.25, 0.3) is 5.69 Å². The van der Waals surface area contributed by atoms with E-state index in [1.54, 1.807) is 6.07 Å². The summed E-state index contributed by atoms with van der Waals surface area (Å²) in [5.74, 6) is 0.597. The molecule has 1 fully saturated rings. The summed E-state index contributed by atoms with van der Waals surface area (Å²) in [5, 5.41) is 11.8. The molecule has 1 aromatic heterocycles. The van der Waals surface area contributed by atoms with E-state index in [2.05, 4.69) is 20.4 Å². The average Bonchev–Trinajstić information content (AvgIpc) is 3.16. The van der Waals surface area contributed by atoms with Gasteiger partial charge in [0.25, 0.3) is 0 Å². The highest BCUT2D eigenvalue weighted by Crippen LogP contribution is 2.42. The maximum Gasteiger partial charge on any atom is 0.416 e. The Balaban J connectivity index is 2.08. The van der Waals surface area contributed by atoms with Crippen LogP contribution in [0.5, 0.6) is 0 Å². The van der Waals surface area contributed by atoms with E-state index in [4.69, 9.17) is 0 Å². The van der Waals surface area contributed by atoms with Crippen LogP contribution >= 0.6 is 0 Å². The molecule has 0 bridgehead atoms. The third-order valence-corrected chi connectivity index (χ3v) is 4.59. The van der Waals surface area contributed by atoms with E-state index in [9.17, 15) is 13.2 Å². The van der Waals surface area contributed by atoms with Gasteiger partial charge < -0.3 is 0 Å². The van der Waals surface area contributed by atoms with Crippen molar-refractivity contribution in [2.75, 3.05) is 14.1 Å². The molecule has 5 nitrogen and oxygen atoms in total. The van der Waals surface area contributed by atoms with Gasteiger partial charge in [-0.2, -0.15) is 17.9 Å². The minimum Gasteiger partial charge on any atom is -0.297 e. The molecule has 3 rings (SSSR count). The van der Waals surface area contributed by atoms with Crippen molar-refractivity contribution in [1.82, 2.24) is 25.1 Å². The van der Waals surface area contributed by atoms with Crippen LogP contribution in [0.4, 0.5) is 13.2 Å². The first-order valence-corrected chi connectivity index (χ1v) is 7.48. The molecular weight excluding hydrogens is 307 g/mol. The topological polar surface area (TPSA) is 46.8 Å². The second kappa shape index (κ2) is 5.59. The van der Waals surface area contributed by atoms with Crippen molar-refractivity contribution >= 4 is 0 Å². The highest BCUT2D eigenvalue weighted by Gasteiger charge is 2.42. The zero-order valence-electron chi connectivity index (χ0n) is 13.0. The van der Waals surface area contributed by atoms with Crippen molar-refractivity contribution in [2.24, 2.45) is 0 Å². The molecule has 8 heteroatoms. The Hall–Kier alpha value is -1.96. The second-order valence-corrected chi connectivity index (χ2v) is 6.10. The van der Waals surface area contributed by atoms with Crippen LogP contribution in [0.2, 0.25) is 0 Å². The quantitative estimate of drug-likeness (QED) is 0.870. The molecule has 1 aliphatic rings. The largest absolute Gasteiger partial charge is 0.416 e. The van der Waals surface area contributed by atoms with Crippen molar-refractivity contribution in [2.45, 2.75) is 37.4 Å². The summed E-state index contributed by atoms with van der Waals surface area (Å²) in [6.45, 7) is 0. The Morgan fingerprint density at radius 2 is 1.87 bits per heavy atom. The van der Waals surface area contributed by atoms with Gasteiger partial charge >= 0.3 is 6.18 Å². The molecule has 1 aromatic carbocycles. The predicted octanol–water partition coefficient (Wildman–Crippen LogP) is 3.01. The monoisotopic (exact) mass is 325 g/mol. The van der Waals surface area contributed by atoms with E-state index in [-0.39, 0.29) is 5.54 Å². The SMILES string of the molecule is CN(C)C1(c2nnnn2-c2cccc(C(F)(F)F)c2)CCCC1. The van der Waals surface area contributed by atoms with Gasteiger partial charge in [0, 0.05) is 0 Å². The third-order valence-electron chi connectivity index (χ3n) is 4.59. The van der Waals surface area contributed by atoms with Crippen LogP contribution < -0.4 is 0 Å². The molecular formula is C15H18F3N5. The predicted molar refractivity (Wildman–Crippen MR) is 78.0 cm³/mol. The van der Waals surface area contributed by atoms with Crippen molar-refractivity contribution in [3.8, 4) is 5.69 Å². The van der Waals surface area contributed by atoms with Crippen LogP contribution in [0.1, 0.15) is 37.1 Å². The van der Waals surface area contributed by atoms with Gasteiger partial charge in [0.2, 0.25) is 0 Å². The molecule has 23 heavy (non-hydrogen) atoms. The molecule has 0 saturated heterocycles. The zero-order chi connectivity index (χ0) is 16.7. The van der Waals surface area contributed by atoms with E-state index in [0.29, 0.717) is 11.5 Å². The number of benzene rings is 1. The van der Waals surface area contributed by atoms with Gasteiger partial charge in [0.05, 0.1) is 16.8 Å². The molecule has 0 atom stereocenters. The summed E-state index contributed by atoms with van der Waals surface area (Å²) >= 11 is 0. The Kier molecular flexibility index (Phi) is 3.87. The van der Waals surface area contributed by atoms with E-state index >= 15 is 0 Å². The van der Waals surface area contributed by atoms with Crippen LogP contribution in [-0.2, 0) is 11.7 Å². The number of rotatable bonds is 3. The molecule has 0 N–H and O–H groups in total. The van der Waals surface area contributed by atoms with Crippen molar-refractivity contribution in [3.63, 3.8) is 0 Å². The fourth-order valence-electron chi connectivity index (χ4n) is 3.30. The summed E-state index contributed by atoms with van der Waals surface area (Å²) in [7, 11) is 3.91. The molecule has 0 radical (unpaired) electrons. The summed E-state index contributed by atoms with van der Waals surface area (Å²) in [6, 6.07) is 5.09. The molecule has 124 valence electrons. The molecule has 0 unspecified atom stereocenters. The van der Waals surface area contributed by atoms with Crippen LogP contribution in [-0.4, -0.2) is 39.2 Å². The third kappa shape index (κ3) is 2.71. The van der Waals surface area contributed by atoms with Crippen molar-refractivity contribution in [3.05, 3.63) is 35.7 Å². The Bertz CT molecular complexity index is 686. The number of hydrogen-bond donors (Lipinski definition) is 0. The standard InChI is InChI=1S/C15H18F3N5/c1-22(2)14(8-3-4-9-14)13-19-20-21-23(13)12-7-5-6-11(10-12)15(16,17)18/h5-7,10H,3-4,8-9H2,1-2H3. The normalized spacial score (nSPS) is 17.8. The highest BCUT2D eigenvalue weighted by molar-refractivity contribution is 5.37. The summed E-state index contributed by atoms with van der Waals surface area (Å²) in [5.41, 5.74) is -0.715. The first-order chi connectivity index (χ1) is 10.8. The molecule has 1 aliphatic carbocycles. The maximum absolute atomic E-state index is 12.9. The number of aromatic nitrogens is 4. The van der Waals surface area contributed by atoms with E-state index in [1.807, 2.05) is 14.1 Å². The summed E-state index contributed by atoms with van der Waals surface area (Å²) in [4.78, 5) is 2.07. The molecule has 1 saturated carbocycles. The molecule has 0 aliphatic heterocycles. The molecule has 0 spiro atoms. The molecule has 1 heterocycles. The lowest BCUT2D eigenvalue weighted by Gasteiger charge is -2.34. The highest BCUT2D eigenvalue weighted by atomic mass is 19.4. The first-order valence-electron chi connectivity index (χ1n) is 7.48. The van der Waals surface area contributed by atoms with E-state index in [0.717, 1.165) is 37.8 Å². The number of halogens is 3. The fraction of sp³-hybridized carbons (Fsp3) is 0.533. The van der Waals surface area contributed by atoms with Crippen molar-refractivity contribution in [1.29, 1.82) is 0 Å². The lowest BCUT2D eigenvalue weighted by atomic mass is 9.95. The van der Waals surface area contributed by atoms with Gasteiger partial charge in [0.15, 0.2) is 5.82 Å². The minimum absolute atomic E-state index is 0.327. The lowest BCUT2D eigenvalue weighted by molar-refractivity contribution is -0.137. The average molecular weight is 325 g/mol. The number of tetrazole rings is 1. The first kappa shape index (κ1) is 15.9. The molecule has 2 aromatic rings. The number of alkyl halides is 3. The minimum atomic E-state index is -4.39. The number of nitrogens with zero attached hydrogens (tertiary/aromatic N) is 5. The number of hydrogen-bond acceptors (Lipinski definition) is 4. The van der Waals surface area contributed by atoms with Gasteiger partial charge in [-0.3, -0.25) is 4.90 Å². The lowest BCUT2D eigenvalue weighted by Crippen LogP contribution is -2.41. The molecule has 0 amide bonds. The van der Waals surface area contributed by atoms with Crippen molar-refractivity contribution < 1.29 is 13.2 Å². The van der Waals surface area contributed by atoms with Crippen LogP contribution in [0.3, 0.4) is 0 Å². The van der Waals surface area contributed by atoms with E-state index in [1.165, 1.54) is 10.7 Å². The van der Waals surface area contributed by atoms with Gasteiger partial charge in [-0.05, 0) is 55.6 Å². The van der Waals surface area contributed by atoms with Gasteiger partial charge in [-0.1, -0.05) is 18.9 Å². The summed E-state index contributed by atoms with van der Waals surface area (Å²) < 4.78 is 40.3. The van der Waals surface area contributed by atoms with Crippen LogP contribution in [0, 0.1) is 0 Å². The second-order valence-electron chi connectivity index (χ2n) is 6.10. The van der Waals surface area contributed by atoms with Gasteiger partial charge in [-0.15, -0.1) is 5.10 Å². The fourth-order valence-corrected chi connectivity index (χ4v) is 3.30. The van der Waals surface area contributed by atoms with E-state index < -0.39 is 11.7 Å². The van der Waals surface area contributed by atoms with Gasteiger partial charge in [-0.25, -0.2) is 0 Å². The Morgan fingerprint density at radius 1 is 1.17 bits per heavy atom. The van der Waals surface area contributed by atoms with Crippen LogP contribution in [0.15, 0.2) is 24.3 Å². The Morgan fingerprint density at radius 3 is 2.48 bits per heavy atom. The smallest absolute Gasteiger partial charge is 0.297 e. The zero-order valence-corrected chi connectivity index (χ0v) is 13.0.